The van der Waals surface area contributed by atoms with E-state index < -0.39 is 0 Å². The summed E-state index contributed by atoms with van der Waals surface area (Å²) in [6, 6.07) is 4.22. The average molecular weight is 392 g/mol. The lowest BCUT2D eigenvalue weighted by Gasteiger charge is -2.27. The molecule has 0 saturated carbocycles. The van der Waals surface area contributed by atoms with Crippen LogP contribution in [-0.2, 0) is 11.2 Å². The Labute approximate surface area is 168 Å². The van der Waals surface area contributed by atoms with Gasteiger partial charge in [-0.1, -0.05) is 0 Å². The summed E-state index contributed by atoms with van der Waals surface area (Å²) < 4.78 is 5.39. The molecular formula is C20H33N5OS. The van der Waals surface area contributed by atoms with E-state index in [-0.39, 0.29) is 0 Å². The molecule has 1 N–H and O–H groups in total. The first kappa shape index (κ1) is 20.5. The van der Waals surface area contributed by atoms with Crippen molar-refractivity contribution in [2.45, 2.75) is 19.3 Å². The zero-order valence-corrected chi connectivity index (χ0v) is 17.1. The van der Waals surface area contributed by atoms with E-state index in [1.54, 1.807) is 0 Å². The highest BCUT2D eigenvalue weighted by Crippen LogP contribution is 2.06. The topological polar surface area (TPSA) is 43.9 Å². The van der Waals surface area contributed by atoms with Crippen molar-refractivity contribution in [3.8, 4) is 0 Å². The van der Waals surface area contributed by atoms with Crippen LogP contribution in [0.4, 0.5) is 0 Å². The van der Waals surface area contributed by atoms with E-state index in [1.165, 1.54) is 12.0 Å². The normalized spacial score (nSPS) is 19.6. The highest BCUT2D eigenvalue weighted by molar-refractivity contribution is 7.80. The fourth-order valence-corrected chi connectivity index (χ4v) is 3.95. The van der Waals surface area contributed by atoms with Gasteiger partial charge in [0.15, 0.2) is 5.11 Å². The summed E-state index contributed by atoms with van der Waals surface area (Å²) in [6.07, 6.45) is 7.15. The van der Waals surface area contributed by atoms with Gasteiger partial charge in [0.1, 0.15) is 0 Å². The quantitative estimate of drug-likeness (QED) is 0.554. The summed E-state index contributed by atoms with van der Waals surface area (Å²) in [5, 5.41) is 4.39. The summed E-state index contributed by atoms with van der Waals surface area (Å²) in [5.74, 6) is 0. The van der Waals surface area contributed by atoms with E-state index in [0.29, 0.717) is 0 Å². The number of hydrogen-bond acceptors (Lipinski definition) is 5. The number of nitrogens with zero attached hydrogens (tertiary/aromatic N) is 4. The van der Waals surface area contributed by atoms with Crippen molar-refractivity contribution in [1.82, 2.24) is 25.0 Å². The summed E-state index contributed by atoms with van der Waals surface area (Å²) in [4.78, 5) is 11.5. The zero-order chi connectivity index (χ0) is 18.7. The first-order valence-corrected chi connectivity index (χ1v) is 10.7. The minimum Gasteiger partial charge on any atom is -0.379 e. The number of ether oxygens (including phenoxy) is 1. The van der Waals surface area contributed by atoms with Crippen LogP contribution in [0.2, 0.25) is 0 Å². The molecule has 7 heteroatoms. The monoisotopic (exact) mass is 391 g/mol. The molecule has 6 nitrogen and oxygen atoms in total. The molecule has 0 amide bonds. The lowest BCUT2D eigenvalue weighted by molar-refractivity contribution is 0.0376. The van der Waals surface area contributed by atoms with Gasteiger partial charge in [-0.15, -0.1) is 0 Å². The molecule has 3 rings (SSSR count). The smallest absolute Gasteiger partial charge is 0.168 e. The Morgan fingerprint density at radius 3 is 2.59 bits per heavy atom. The standard InChI is InChI=1S/C20H33N5OS/c27-20(22-6-1-9-24-15-17-26-18-16-24)25-11-2-10-23(13-14-25)12-5-19-3-7-21-8-4-19/h3-4,7-8H,1-2,5-6,9-18H2,(H,22,27). The van der Waals surface area contributed by atoms with Gasteiger partial charge in [0, 0.05) is 58.2 Å². The van der Waals surface area contributed by atoms with Crippen LogP contribution in [0.5, 0.6) is 0 Å². The van der Waals surface area contributed by atoms with Crippen molar-refractivity contribution in [3.63, 3.8) is 0 Å². The van der Waals surface area contributed by atoms with Crippen LogP contribution in [0, 0.1) is 0 Å². The number of morpholine rings is 1. The molecule has 0 bridgehead atoms. The fraction of sp³-hybridized carbons (Fsp3) is 0.700. The van der Waals surface area contributed by atoms with Crippen molar-refractivity contribution in [2.24, 2.45) is 0 Å². The van der Waals surface area contributed by atoms with Crippen LogP contribution in [0.25, 0.3) is 0 Å². The van der Waals surface area contributed by atoms with Gasteiger partial charge < -0.3 is 19.9 Å². The van der Waals surface area contributed by atoms with E-state index in [4.69, 9.17) is 17.0 Å². The average Bonchev–Trinajstić information content (AvgIpc) is 2.97. The second kappa shape index (κ2) is 11.5. The third-order valence-electron chi connectivity index (χ3n) is 5.37. The molecule has 1 aromatic heterocycles. The highest BCUT2D eigenvalue weighted by atomic mass is 32.1. The molecule has 0 spiro atoms. The van der Waals surface area contributed by atoms with Gasteiger partial charge in [0.2, 0.25) is 0 Å². The Kier molecular flexibility index (Phi) is 8.74. The number of hydrogen-bond donors (Lipinski definition) is 1. The first-order chi connectivity index (χ1) is 13.3. The maximum Gasteiger partial charge on any atom is 0.168 e. The molecule has 2 fully saturated rings. The number of thiocarbonyl (C=S) groups is 1. The van der Waals surface area contributed by atoms with Crippen LogP contribution in [0.1, 0.15) is 18.4 Å². The lowest BCUT2D eigenvalue weighted by Crippen LogP contribution is -2.43. The molecule has 27 heavy (non-hydrogen) atoms. The molecule has 2 aliphatic rings. The van der Waals surface area contributed by atoms with Crippen LogP contribution in [-0.4, -0.2) is 96.9 Å². The number of aromatic nitrogens is 1. The number of rotatable bonds is 7. The maximum absolute atomic E-state index is 5.64. The predicted molar refractivity (Wildman–Crippen MR) is 113 cm³/mol. The summed E-state index contributed by atoms with van der Waals surface area (Å²) in [5.41, 5.74) is 1.36. The van der Waals surface area contributed by atoms with Crippen molar-refractivity contribution in [1.29, 1.82) is 0 Å². The lowest BCUT2D eigenvalue weighted by atomic mass is 10.2. The van der Waals surface area contributed by atoms with Crippen LogP contribution in [0.15, 0.2) is 24.5 Å². The minimum atomic E-state index is 0.872. The first-order valence-electron chi connectivity index (χ1n) is 10.3. The molecule has 2 saturated heterocycles. The molecule has 2 aliphatic heterocycles. The molecule has 0 atom stereocenters. The molecule has 3 heterocycles. The molecule has 0 radical (unpaired) electrons. The SMILES string of the molecule is S=C(NCCCN1CCOCC1)N1CCCN(CCc2ccncc2)CC1. The molecule has 1 aromatic rings. The van der Waals surface area contributed by atoms with Gasteiger partial charge in [0.25, 0.3) is 0 Å². The van der Waals surface area contributed by atoms with Crippen molar-refractivity contribution >= 4 is 17.3 Å². The molecular weight excluding hydrogens is 358 g/mol. The highest BCUT2D eigenvalue weighted by Gasteiger charge is 2.16. The van der Waals surface area contributed by atoms with Gasteiger partial charge in [-0.3, -0.25) is 9.88 Å². The Hall–Kier alpha value is -1.28. The third kappa shape index (κ3) is 7.33. The van der Waals surface area contributed by atoms with Gasteiger partial charge >= 0.3 is 0 Å². The molecule has 0 unspecified atom stereocenters. The van der Waals surface area contributed by atoms with E-state index in [2.05, 4.69) is 37.1 Å². The number of nitrogens with one attached hydrogen (secondary N) is 1. The summed E-state index contributed by atoms with van der Waals surface area (Å²) in [6.45, 7) is 11.4. The van der Waals surface area contributed by atoms with Crippen LogP contribution in [0.3, 0.4) is 0 Å². The maximum atomic E-state index is 5.64. The third-order valence-corrected chi connectivity index (χ3v) is 5.78. The van der Waals surface area contributed by atoms with Crippen LogP contribution < -0.4 is 5.32 Å². The zero-order valence-electron chi connectivity index (χ0n) is 16.3. The van der Waals surface area contributed by atoms with E-state index in [0.717, 1.165) is 90.1 Å². The van der Waals surface area contributed by atoms with Gasteiger partial charge in [-0.25, -0.2) is 0 Å². The Balaban J connectivity index is 1.30. The second-order valence-corrected chi connectivity index (χ2v) is 7.71. The number of pyridine rings is 1. The fourth-order valence-electron chi connectivity index (χ4n) is 3.67. The molecule has 0 aromatic carbocycles. The molecule has 0 aliphatic carbocycles. The van der Waals surface area contributed by atoms with E-state index in [1.807, 2.05) is 12.4 Å². The Morgan fingerprint density at radius 2 is 1.78 bits per heavy atom. The predicted octanol–water partition coefficient (Wildman–Crippen LogP) is 1.23. The van der Waals surface area contributed by atoms with Gasteiger partial charge in [0.05, 0.1) is 13.2 Å². The second-order valence-electron chi connectivity index (χ2n) is 7.33. The van der Waals surface area contributed by atoms with Crippen LogP contribution >= 0.6 is 12.2 Å². The van der Waals surface area contributed by atoms with Gasteiger partial charge in [-0.2, -0.15) is 0 Å². The molecule has 150 valence electrons. The van der Waals surface area contributed by atoms with Crippen molar-refractivity contribution in [2.75, 3.05) is 72.1 Å². The van der Waals surface area contributed by atoms with Gasteiger partial charge in [-0.05, 0) is 62.3 Å². The Bertz CT molecular complexity index is 553. The Morgan fingerprint density at radius 1 is 1.00 bits per heavy atom. The van der Waals surface area contributed by atoms with E-state index in [9.17, 15) is 0 Å². The minimum absolute atomic E-state index is 0.872. The van der Waals surface area contributed by atoms with E-state index >= 15 is 0 Å². The van der Waals surface area contributed by atoms with Crippen molar-refractivity contribution in [3.05, 3.63) is 30.1 Å². The summed E-state index contributed by atoms with van der Waals surface area (Å²) >= 11 is 5.64. The summed E-state index contributed by atoms with van der Waals surface area (Å²) in [7, 11) is 0. The van der Waals surface area contributed by atoms with Crippen molar-refractivity contribution < 1.29 is 4.74 Å². The largest absolute Gasteiger partial charge is 0.379 e.